The van der Waals surface area contributed by atoms with E-state index >= 15 is 0 Å². The number of fused-ring (bicyclic) bond motifs is 1. The van der Waals surface area contributed by atoms with Crippen LogP contribution in [0.25, 0.3) is 11.0 Å². The van der Waals surface area contributed by atoms with Crippen LogP contribution in [0.3, 0.4) is 0 Å². The SMILES string of the molecule is CCOC(=O)c1cc2cc(NC(=O)[C@@H]3[C@@H](c4ccccc4)CCN3C(=O)C3CCC([C@@H](CF)NC(=O)OC(C)(C)C)CC3)ccc2o1. The number of esters is 1. The van der Waals surface area contributed by atoms with E-state index in [9.17, 15) is 23.6 Å². The monoisotopic (exact) mass is 649 g/mol. The topological polar surface area (TPSA) is 127 Å². The lowest BCUT2D eigenvalue weighted by Crippen LogP contribution is -2.49. The Morgan fingerprint density at radius 1 is 1.00 bits per heavy atom. The third-order valence-corrected chi connectivity index (χ3v) is 9.00. The van der Waals surface area contributed by atoms with Gasteiger partial charge in [-0.2, -0.15) is 0 Å². The van der Waals surface area contributed by atoms with E-state index in [1.807, 2.05) is 30.3 Å². The maximum atomic E-state index is 14.0. The normalized spacial score (nSPS) is 22.0. The molecule has 1 saturated heterocycles. The average Bonchev–Trinajstić information content (AvgIpc) is 3.68. The molecule has 3 amide bonds. The van der Waals surface area contributed by atoms with Crippen LogP contribution in [0.4, 0.5) is 14.9 Å². The van der Waals surface area contributed by atoms with Crippen LogP contribution in [0, 0.1) is 11.8 Å². The predicted octanol–water partition coefficient (Wildman–Crippen LogP) is 6.60. The van der Waals surface area contributed by atoms with Gasteiger partial charge in [-0.05, 0) is 95.5 Å². The molecule has 2 aromatic carbocycles. The second kappa shape index (κ2) is 14.6. The molecule has 1 aromatic heterocycles. The number of hydrogen-bond acceptors (Lipinski definition) is 7. The number of alkyl carbamates (subject to hydrolysis) is 1. The summed E-state index contributed by atoms with van der Waals surface area (Å²) >= 11 is 0. The summed E-state index contributed by atoms with van der Waals surface area (Å²) in [4.78, 5) is 54.2. The van der Waals surface area contributed by atoms with Gasteiger partial charge < -0.3 is 29.4 Å². The standard InChI is InChI=1S/C36H44FN3O7/c1-5-45-34(43)30-20-25-19-26(15-16-29(25)46-30)38-32(41)31-27(22-9-7-6-8-10-22)17-18-40(31)33(42)24-13-11-23(12-14-24)28(21-37)39-35(44)47-36(2,3)4/h6-10,15-16,19-20,23-24,27-28,31H,5,11-14,17-18,21H2,1-4H3,(H,38,41)(H,39,44)/t23?,24?,27-,28-,31+/m1/s1. The Labute approximate surface area is 274 Å². The maximum absolute atomic E-state index is 14.0. The number of hydrogen-bond donors (Lipinski definition) is 2. The molecule has 2 fully saturated rings. The van der Waals surface area contributed by atoms with E-state index in [2.05, 4.69) is 10.6 Å². The fourth-order valence-electron chi connectivity index (χ4n) is 6.80. The van der Waals surface area contributed by atoms with Crippen LogP contribution in [0.5, 0.6) is 0 Å². The number of nitrogens with zero attached hydrogens (tertiary/aromatic N) is 1. The van der Waals surface area contributed by atoms with Gasteiger partial charge in [0.1, 0.15) is 23.9 Å². The van der Waals surface area contributed by atoms with E-state index in [0.29, 0.717) is 55.3 Å². The predicted molar refractivity (Wildman–Crippen MR) is 175 cm³/mol. The highest BCUT2D eigenvalue weighted by atomic mass is 19.1. The molecule has 1 aliphatic heterocycles. The van der Waals surface area contributed by atoms with Crippen molar-refractivity contribution >= 4 is 40.5 Å². The Morgan fingerprint density at radius 2 is 1.72 bits per heavy atom. The zero-order chi connectivity index (χ0) is 33.7. The van der Waals surface area contributed by atoms with Crippen molar-refractivity contribution in [1.29, 1.82) is 0 Å². The van der Waals surface area contributed by atoms with Gasteiger partial charge in [0, 0.05) is 29.5 Å². The summed E-state index contributed by atoms with van der Waals surface area (Å²) in [7, 11) is 0. The van der Waals surface area contributed by atoms with Crippen molar-refractivity contribution in [2.45, 2.75) is 83.4 Å². The van der Waals surface area contributed by atoms with E-state index in [1.165, 1.54) is 0 Å². The first kappa shape index (κ1) is 33.9. The van der Waals surface area contributed by atoms with Crippen molar-refractivity contribution in [3.8, 4) is 0 Å². The molecule has 11 heteroatoms. The molecule has 0 unspecified atom stereocenters. The highest BCUT2D eigenvalue weighted by molar-refractivity contribution is 6.00. The summed E-state index contributed by atoms with van der Waals surface area (Å²) in [5.41, 5.74) is 1.29. The lowest BCUT2D eigenvalue weighted by molar-refractivity contribution is -0.141. The van der Waals surface area contributed by atoms with Crippen molar-refractivity contribution in [1.82, 2.24) is 10.2 Å². The number of carbonyl (C=O) groups excluding carboxylic acids is 4. The van der Waals surface area contributed by atoms with E-state index in [4.69, 9.17) is 13.9 Å². The van der Waals surface area contributed by atoms with Crippen LogP contribution in [0.15, 0.2) is 59.0 Å². The molecule has 3 aromatic rings. The molecular formula is C36H44FN3O7. The number of likely N-dealkylation sites (tertiary alicyclic amines) is 1. The first-order valence-electron chi connectivity index (χ1n) is 16.4. The Kier molecular flexibility index (Phi) is 10.5. The fraction of sp³-hybridized carbons (Fsp3) is 0.500. The van der Waals surface area contributed by atoms with Crippen molar-refractivity contribution in [2.24, 2.45) is 11.8 Å². The third-order valence-electron chi connectivity index (χ3n) is 9.00. The van der Waals surface area contributed by atoms with Gasteiger partial charge in [-0.15, -0.1) is 0 Å². The molecule has 47 heavy (non-hydrogen) atoms. The smallest absolute Gasteiger partial charge is 0.407 e. The van der Waals surface area contributed by atoms with Crippen LogP contribution in [-0.4, -0.2) is 66.3 Å². The van der Waals surface area contributed by atoms with Gasteiger partial charge in [0.2, 0.25) is 17.6 Å². The Balaban J connectivity index is 1.29. The molecule has 0 radical (unpaired) electrons. The molecular weight excluding hydrogens is 605 g/mol. The molecule has 2 N–H and O–H groups in total. The summed E-state index contributed by atoms with van der Waals surface area (Å²) in [5, 5.41) is 6.31. The quantitative estimate of drug-likeness (QED) is 0.250. The summed E-state index contributed by atoms with van der Waals surface area (Å²) < 4.78 is 30.0. The second-order valence-corrected chi connectivity index (χ2v) is 13.4. The molecule has 1 saturated carbocycles. The number of benzene rings is 2. The molecule has 1 aliphatic carbocycles. The zero-order valence-corrected chi connectivity index (χ0v) is 27.4. The molecule has 2 aliphatic rings. The molecule has 2 heterocycles. The van der Waals surface area contributed by atoms with Crippen LogP contribution >= 0.6 is 0 Å². The number of rotatable bonds is 9. The van der Waals surface area contributed by atoms with Gasteiger partial charge in [0.05, 0.1) is 12.6 Å². The first-order chi connectivity index (χ1) is 22.5. The van der Waals surface area contributed by atoms with Gasteiger partial charge in [0.25, 0.3) is 0 Å². The number of ether oxygens (including phenoxy) is 2. The van der Waals surface area contributed by atoms with Crippen molar-refractivity contribution < 1.29 is 37.5 Å². The Hall–Kier alpha value is -4.41. The molecule has 0 spiro atoms. The van der Waals surface area contributed by atoms with E-state index < -0.39 is 36.4 Å². The summed E-state index contributed by atoms with van der Waals surface area (Å²) in [6.45, 7) is 6.92. The Morgan fingerprint density at radius 3 is 2.38 bits per heavy atom. The van der Waals surface area contributed by atoms with Crippen molar-refractivity contribution in [3.63, 3.8) is 0 Å². The highest BCUT2D eigenvalue weighted by Crippen LogP contribution is 2.39. The summed E-state index contributed by atoms with van der Waals surface area (Å²) in [5.74, 6) is -1.48. The molecule has 0 bridgehead atoms. The molecule has 10 nitrogen and oxygen atoms in total. The minimum absolute atomic E-state index is 0.0789. The zero-order valence-electron chi connectivity index (χ0n) is 27.4. The maximum Gasteiger partial charge on any atom is 0.407 e. The van der Waals surface area contributed by atoms with Gasteiger partial charge in [-0.25, -0.2) is 14.0 Å². The number of alkyl halides is 1. The van der Waals surface area contributed by atoms with Crippen LogP contribution in [0.2, 0.25) is 0 Å². The number of halogens is 1. The van der Waals surface area contributed by atoms with Crippen molar-refractivity contribution in [3.05, 3.63) is 65.9 Å². The first-order valence-corrected chi connectivity index (χ1v) is 16.4. The van der Waals surface area contributed by atoms with Crippen LogP contribution < -0.4 is 10.6 Å². The number of furan rings is 1. The second-order valence-electron chi connectivity index (χ2n) is 13.4. The van der Waals surface area contributed by atoms with Crippen molar-refractivity contribution in [2.75, 3.05) is 25.1 Å². The lowest BCUT2D eigenvalue weighted by Gasteiger charge is -2.36. The summed E-state index contributed by atoms with van der Waals surface area (Å²) in [6.07, 6.45) is 2.21. The molecule has 252 valence electrons. The number of anilines is 1. The average molecular weight is 650 g/mol. The third kappa shape index (κ3) is 8.12. The highest BCUT2D eigenvalue weighted by Gasteiger charge is 2.45. The van der Waals surface area contributed by atoms with Gasteiger partial charge >= 0.3 is 12.1 Å². The molecule has 5 rings (SSSR count). The molecule has 3 atom stereocenters. The van der Waals surface area contributed by atoms with Gasteiger partial charge in [-0.1, -0.05) is 30.3 Å². The number of nitrogens with one attached hydrogen (secondary N) is 2. The van der Waals surface area contributed by atoms with E-state index in [0.717, 1.165) is 5.56 Å². The number of carbonyl (C=O) groups is 4. The lowest BCUT2D eigenvalue weighted by atomic mass is 9.78. The summed E-state index contributed by atoms with van der Waals surface area (Å²) in [6, 6.07) is 15.0. The van der Waals surface area contributed by atoms with E-state index in [-0.39, 0.29) is 41.9 Å². The minimum atomic E-state index is -0.731. The minimum Gasteiger partial charge on any atom is -0.460 e. The van der Waals surface area contributed by atoms with Gasteiger partial charge in [0.15, 0.2) is 0 Å². The fourth-order valence-corrected chi connectivity index (χ4v) is 6.80. The van der Waals surface area contributed by atoms with Gasteiger partial charge in [-0.3, -0.25) is 9.59 Å². The largest absolute Gasteiger partial charge is 0.460 e. The van der Waals surface area contributed by atoms with Crippen LogP contribution in [-0.2, 0) is 19.1 Å². The van der Waals surface area contributed by atoms with Crippen LogP contribution in [0.1, 0.15) is 81.8 Å². The number of amides is 3. The Bertz CT molecular complexity index is 1580. The van der Waals surface area contributed by atoms with E-state index in [1.54, 1.807) is 56.9 Å².